The van der Waals surface area contributed by atoms with E-state index in [0.29, 0.717) is 28.3 Å². The summed E-state index contributed by atoms with van der Waals surface area (Å²) >= 11 is 0. The highest BCUT2D eigenvalue weighted by atomic mass is 19.1. The molecule has 174 valence electrons. The van der Waals surface area contributed by atoms with Crippen molar-refractivity contribution in [3.05, 3.63) is 60.7 Å². The third-order valence-electron chi connectivity index (χ3n) is 6.35. The molecule has 0 saturated heterocycles. The number of nitrogen functional groups attached to an aromatic ring is 1. The third kappa shape index (κ3) is 4.28. The number of anilines is 2. The summed E-state index contributed by atoms with van der Waals surface area (Å²) in [5, 5.41) is 3.00. The minimum absolute atomic E-state index is 0.0207. The van der Waals surface area contributed by atoms with Gasteiger partial charge in [-0.3, -0.25) is 4.79 Å². The summed E-state index contributed by atoms with van der Waals surface area (Å²) in [4.78, 5) is 26.3. The molecule has 2 aromatic carbocycles. The van der Waals surface area contributed by atoms with Crippen molar-refractivity contribution in [2.45, 2.75) is 31.7 Å². The minimum atomic E-state index is -0.324. The van der Waals surface area contributed by atoms with Crippen LogP contribution < -0.4 is 15.8 Å². The van der Waals surface area contributed by atoms with Gasteiger partial charge in [-0.25, -0.2) is 19.3 Å². The summed E-state index contributed by atoms with van der Waals surface area (Å²) in [6.07, 6.45) is 4.89. The monoisotopic (exact) mass is 460 g/mol. The number of methoxy groups -OCH3 is 1. The molecule has 9 heteroatoms. The Balaban J connectivity index is 1.31. The zero-order valence-corrected chi connectivity index (χ0v) is 18.7. The van der Waals surface area contributed by atoms with E-state index >= 15 is 0 Å². The lowest BCUT2D eigenvalue weighted by Crippen LogP contribution is -2.28. The molecule has 0 unspecified atom stereocenters. The molecule has 0 spiro atoms. The van der Waals surface area contributed by atoms with Crippen molar-refractivity contribution in [2.24, 2.45) is 5.92 Å². The van der Waals surface area contributed by atoms with E-state index in [9.17, 15) is 9.18 Å². The van der Waals surface area contributed by atoms with Crippen LogP contribution in [0.2, 0.25) is 0 Å². The summed E-state index contributed by atoms with van der Waals surface area (Å²) < 4.78 is 20.6. The van der Waals surface area contributed by atoms with E-state index in [1.165, 1.54) is 12.1 Å². The molecule has 1 amide bonds. The highest BCUT2D eigenvalue weighted by Gasteiger charge is 2.28. The van der Waals surface area contributed by atoms with Gasteiger partial charge in [0.25, 0.3) is 0 Å². The molecule has 2 heterocycles. The number of nitrogens with two attached hydrogens (primary N) is 1. The SMILES string of the molecule is COc1cccc(NC(=O)[C@H]2CC[C@@H](n3cnc4c(N)nc(-c5ccc(F)cc5)nc43)CC2)c1. The molecule has 34 heavy (non-hydrogen) atoms. The molecule has 1 fully saturated rings. The number of hydrogen-bond donors (Lipinski definition) is 2. The maximum atomic E-state index is 13.3. The van der Waals surface area contributed by atoms with Crippen LogP contribution >= 0.6 is 0 Å². The molecule has 0 aliphatic heterocycles. The maximum Gasteiger partial charge on any atom is 0.227 e. The van der Waals surface area contributed by atoms with E-state index in [4.69, 9.17) is 15.5 Å². The number of amides is 1. The van der Waals surface area contributed by atoms with Crippen molar-refractivity contribution in [1.82, 2.24) is 19.5 Å². The Bertz CT molecular complexity index is 1330. The number of carbonyl (C=O) groups excluding carboxylic acids is 1. The van der Waals surface area contributed by atoms with Crippen LogP contribution in [0, 0.1) is 11.7 Å². The lowest BCUT2D eigenvalue weighted by atomic mass is 9.85. The molecule has 8 nitrogen and oxygen atoms in total. The van der Waals surface area contributed by atoms with Gasteiger partial charge in [0, 0.05) is 29.3 Å². The molecular weight excluding hydrogens is 435 g/mol. The van der Waals surface area contributed by atoms with Crippen molar-refractivity contribution in [3.63, 3.8) is 0 Å². The van der Waals surface area contributed by atoms with Crippen LogP contribution in [-0.2, 0) is 4.79 Å². The number of halogens is 1. The van der Waals surface area contributed by atoms with E-state index in [1.54, 1.807) is 25.6 Å². The first-order valence-electron chi connectivity index (χ1n) is 11.2. The average molecular weight is 461 g/mol. The number of carbonyl (C=O) groups is 1. The van der Waals surface area contributed by atoms with Gasteiger partial charge in [0.15, 0.2) is 17.3 Å². The largest absolute Gasteiger partial charge is 0.497 e. The molecule has 0 atom stereocenters. The summed E-state index contributed by atoms with van der Waals surface area (Å²) in [5.41, 5.74) is 8.76. The summed E-state index contributed by atoms with van der Waals surface area (Å²) in [6, 6.07) is 13.5. The van der Waals surface area contributed by atoms with Gasteiger partial charge in [0.05, 0.1) is 13.4 Å². The standard InChI is InChI=1S/C25H25FN6O2/c1-34-20-4-2-3-18(13-20)29-25(33)16-7-11-19(12-8-16)32-14-28-21-22(27)30-23(31-24(21)32)15-5-9-17(26)10-6-15/h2-6,9-10,13-14,16,19H,7-8,11-12H2,1H3,(H,29,33)(H2,27,30,31)/t16-,19+. The predicted molar refractivity (Wildman–Crippen MR) is 128 cm³/mol. The average Bonchev–Trinajstić information content (AvgIpc) is 3.29. The van der Waals surface area contributed by atoms with Crippen molar-refractivity contribution >= 4 is 28.6 Å². The van der Waals surface area contributed by atoms with Gasteiger partial charge in [-0.1, -0.05) is 6.07 Å². The fraction of sp³-hybridized carbons (Fsp3) is 0.280. The fourth-order valence-electron chi connectivity index (χ4n) is 4.49. The van der Waals surface area contributed by atoms with Crippen molar-refractivity contribution in [3.8, 4) is 17.1 Å². The Morgan fingerprint density at radius 3 is 2.62 bits per heavy atom. The lowest BCUT2D eigenvalue weighted by molar-refractivity contribution is -0.120. The van der Waals surface area contributed by atoms with E-state index in [1.807, 2.05) is 28.8 Å². The molecule has 4 aromatic rings. The lowest BCUT2D eigenvalue weighted by Gasteiger charge is -2.28. The van der Waals surface area contributed by atoms with Crippen LogP contribution in [-0.4, -0.2) is 32.5 Å². The van der Waals surface area contributed by atoms with Gasteiger partial charge in [-0.05, 0) is 62.1 Å². The third-order valence-corrected chi connectivity index (χ3v) is 6.35. The quantitative estimate of drug-likeness (QED) is 0.451. The van der Waals surface area contributed by atoms with Gasteiger partial charge in [0.1, 0.15) is 17.1 Å². The van der Waals surface area contributed by atoms with Gasteiger partial charge >= 0.3 is 0 Å². The maximum absolute atomic E-state index is 13.3. The van der Waals surface area contributed by atoms with E-state index < -0.39 is 0 Å². The second-order valence-corrected chi connectivity index (χ2v) is 8.49. The molecule has 0 bridgehead atoms. The molecule has 0 radical (unpaired) electrons. The number of ether oxygens (including phenoxy) is 1. The van der Waals surface area contributed by atoms with Crippen LogP contribution in [0.5, 0.6) is 5.75 Å². The van der Waals surface area contributed by atoms with E-state index in [0.717, 1.165) is 31.4 Å². The number of aromatic nitrogens is 4. The first kappa shape index (κ1) is 21.8. The summed E-state index contributed by atoms with van der Waals surface area (Å²) in [6.45, 7) is 0. The van der Waals surface area contributed by atoms with Crippen LogP contribution in [0.3, 0.4) is 0 Å². The fourth-order valence-corrected chi connectivity index (χ4v) is 4.49. The predicted octanol–water partition coefficient (Wildman–Crippen LogP) is 4.59. The Morgan fingerprint density at radius 2 is 1.88 bits per heavy atom. The van der Waals surface area contributed by atoms with Crippen LogP contribution in [0.25, 0.3) is 22.6 Å². The van der Waals surface area contributed by atoms with Crippen LogP contribution in [0.1, 0.15) is 31.7 Å². The number of rotatable bonds is 5. The number of benzene rings is 2. The highest BCUT2D eigenvalue weighted by molar-refractivity contribution is 5.92. The van der Waals surface area contributed by atoms with E-state index in [2.05, 4.69) is 15.3 Å². The first-order valence-corrected chi connectivity index (χ1v) is 11.2. The van der Waals surface area contributed by atoms with Gasteiger partial charge < -0.3 is 20.4 Å². The molecule has 1 aliphatic rings. The smallest absolute Gasteiger partial charge is 0.227 e. The highest BCUT2D eigenvalue weighted by Crippen LogP contribution is 2.35. The van der Waals surface area contributed by atoms with Crippen molar-refractivity contribution in [1.29, 1.82) is 0 Å². The van der Waals surface area contributed by atoms with Gasteiger partial charge in [0.2, 0.25) is 5.91 Å². The number of nitrogens with one attached hydrogen (secondary N) is 1. The molecule has 1 saturated carbocycles. The van der Waals surface area contributed by atoms with Crippen LogP contribution in [0.15, 0.2) is 54.9 Å². The second-order valence-electron chi connectivity index (χ2n) is 8.49. The molecule has 2 aromatic heterocycles. The summed E-state index contributed by atoms with van der Waals surface area (Å²) in [5.74, 6) is 1.05. The van der Waals surface area contributed by atoms with Gasteiger partial charge in [-0.2, -0.15) is 0 Å². The Hall–Kier alpha value is -4.01. The molecular formula is C25H25FN6O2. The van der Waals surface area contributed by atoms with Gasteiger partial charge in [-0.15, -0.1) is 0 Å². The second kappa shape index (κ2) is 9.09. The van der Waals surface area contributed by atoms with Crippen molar-refractivity contribution in [2.75, 3.05) is 18.2 Å². The zero-order chi connectivity index (χ0) is 23.7. The van der Waals surface area contributed by atoms with E-state index in [-0.39, 0.29) is 29.5 Å². The number of imidazole rings is 1. The molecule has 3 N–H and O–H groups in total. The zero-order valence-electron chi connectivity index (χ0n) is 18.7. The Kier molecular flexibility index (Phi) is 5.83. The molecule has 1 aliphatic carbocycles. The Labute approximate surface area is 196 Å². The molecule has 5 rings (SSSR count). The topological polar surface area (TPSA) is 108 Å². The summed E-state index contributed by atoms with van der Waals surface area (Å²) in [7, 11) is 1.60. The van der Waals surface area contributed by atoms with Crippen molar-refractivity contribution < 1.29 is 13.9 Å². The number of hydrogen-bond acceptors (Lipinski definition) is 6. The normalized spacial score (nSPS) is 18.1. The number of fused-ring (bicyclic) bond motifs is 1. The minimum Gasteiger partial charge on any atom is -0.497 e. The van der Waals surface area contributed by atoms with Crippen LogP contribution in [0.4, 0.5) is 15.9 Å². The first-order chi connectivity index (χ1) is 16.5. The number of nitrogens with zero attached hydrogens (tertiary/aromatic N) is 4. The Morgan fingerprint density at radius 1 is 1.12 bits per heavy atom.